The second-order valence-corrected chi connectivity index (χ2v) is 4.66. The number of aromatic nitrogens is 2. The van der Waals surface area contributed by atoms with Crippen LogP contribution in [0.25, 0.3) is 0 Å². The largest absolute Gasteiger partial charge is 0.377 e. The van der Waals surface area contributed by atoms with E-state index in [1.54, 1.807) is 6.07 Å². The molecule has 2 aromatic heterocycles. The Morgan fingerprint density at radius 2 is 2.24 bits per heavy atom. The molecular weight excluding hydrogens is 261 g/mol. The molecule has 0 bridgehead atoms. The van der Waals surface area contributed by atoms with E-state index in [0.29, 0.717) is 6.54 Å². The highest BCUT2D eigenvalue weighted by Gasteiger charge is 2.04. The molecule has 0 radical (unpaired) electrons. The number of aryl methyl sites for hydroxylation is 2. The summed E-state index contributed by atoms with van der Waals surface area (Å²) < 4.78 is 14.6. The van der Waals surface area contributed by atoms with Gasteiger partial charge < -0.3 is 5.32 Å². The van der Waals surface area contributed by atoms with Crippen molar-refractivity contribution in [2.24, 2.45) is 0 Å². The Morgan fingerprint density at radius 3 is 2.76 bits per heavy atom. The first-order chi connectivity index (χ1) is 7.69. The Kier molecular flexibility index (Phi) is 4.96. The molecular formula is C11H15ClFN3S. The number of nitrogens with one attached hydrogen (secondary N) is 1. The monoisotopic (exact) mass is 275 g/mol. The second kappa shape index (κ2) is 6.02. The summed E-state index contributed by atoms with van der Waals surface area (Å²) in [6.07, 6.45) is 1.97. The van der Waals surface area contributed by atoms with Gasteiger partial charge in [0.2, 0.25) is 0 Å². The van der Waals surface area contributed by atoms with Crippen molar-refractivity contribution in [3.8, 4) is 0 Å². The van der Waals surface area contributed by atoms with Gasteiger partial charge in [-0.1, -0.05) is 0 Å². The van der Waals surface area contributed by atoms with Crippen molar-refractivity contribution in [3.05, 3.63) is 34.0 Å². The van der Waals surface area contributed by atoms with Crippen LogP contribution < -0.4 is 5.32 Å². The fourth-order valence-corrected chi connectivity index (χ4v) is 2.15. The zero-order chi connectivity index (χ0) is 11.5. The van der Waals surface area contributed by atoms with Gasteiger partial charge in [0.25, 0.3) is 0 Å². The van der Waals surface area contributed by atoms with Crippen molar-refractivity contribution in [1.82, 2.24) is 9.78 Å². The van der Waals surface area contributed by atoms with E-state index < -0.39 is 0 Å². The molecule has 2 aromatic rings. The normalized spacial score (nSPS) is 10.1. The lowest BCUT2D eigenvalue weighted by Crippen LogP contribution is -1.97. The molecule has 17 heavy (non-hydrogen) atoms. The minimum absolute atomic E-state index is 0. The third-order valence-electron chi connectivity index (χ3n) is 2.35. The average Bonchev–Trinajstić information content (AvgIpc) is 2.82. The third kappa shape index (κ3) is 3.44. The van der Waals surface area contributed by atoms with Crippen molar-refractivity contribution >= 4 is 29.4 Å². The summed E-state index contributed by atoms with van der Waals surface area (Å²) in [5.74, 6) is 0. The maximum atomic E-state index is 12.8. The standard InChI is InChI=1S/C11H14FN3S.ClH/c1-3-15-7-10(8(2)14-15)13-6-9-4-5-11(12)16-9;/h4-5,7,13H,3,6H2,1-2H3;1H. The van der Waals surface area contributed by atoms with Gasteiger partial charge in [-0.3, -0.25) is 4.68 Å². The van der Waals surface area contributed by atoms with Crippen LogP contribution in [0.5, 0.6) is 0 Å². The van der Waals surface area contributed by atoms with E-state index in [-0.39, 0.29) is 17.5 Å². The molecule has 1 N–H and O–H groups in total. The number of hydrogen-bond donors (Lipinski definition) is 1. The molecule has 0 saturated carbocycles. The summed E-state index contributed by atoms with van der Waals surface area (Å²) in [6.45, 7) is 5.51. The van der Waals surface area contributed by atoms with Gasteiger partial charge in [-0.15, -0.1) is 23.7 Å². The number of nitrogens with zero attached hydrogens (tertiary/aromatic N) is 2. The van der Waals surface area contributed by atoms with E-state index in [1.807, 2.05) is 24.7 Å². The molecule has 2 rings (SSSR count). The van der Waals surface area contributed by atoms with Crippen LogP contribution in [0, 0.1) is 12.1 Å². The number of hydrogen-bond acceptors (Lipinski definition) is 3. The van der Waals surface area contributed by atoms with Gasteiger partial charge in [0.05, 0.1) is 11.4 Å². The van der Waals surface area contributed by atoms with Crippen LogP contribution in [-0.4, -0.2) is 9.78 Å². The highest BCUT2D eigenvalue weighted by atomic mass is 35.5. The van der Waals surface area contributed by atoms with E-state index in [0.717, 1.165) is 22.8 Å². The van der Waals surface area contributed by atoms with Gasteiger partial charge in [0.15, 0.2) is 5.13 Å². The SMILES string of the molecule is CCn1cc(NCc2ccc(F)s2)c(C)n1.Cl. The minimum Gasteiger partial charge on any atom is -0.377 e. The van der Waals surface area contributed by atoms with E-state index in [2.05, 4.69) is 10.4 Å². The molecule has 94 valence electrons. The molecule has 3 nitrogen and oxygen atoms in total. The number of halogens is 2. The summed E-state index contributed by atoms with van der Waals surface area (Å²) in [5, 5.41) is 7.45. The molecule has 0 aliphatic heterocycles. The molecule has 6 heteroatoms. The van der Waals surface area contributed by atoms with Crippen LogP contribution in [-0.2, 0) is 13.1 Å². The van der Waals surface area contributed by atoms with Gasteiger partial charge >= 0.3 is 0 Å². The molecule has 2 heterocycles. The average molecular weight is 276 g/mol. The van der Waals surface area contributed by atoms with Gasteiger partial charge in [-0.25, -0.2) is 0 Å². The maximum absolute atomic E-state index is 12.8. The van der Waals surface area contributed by atoms with E-state index in [4.69, 9.17) is 0 Å². The van der Waals surface area contributed by atoms with Crippen LogP contribution in [0.15, 0.2) is 18.3 Å². The zero-order valence-corrected chi connectivity index (χ0v) is 11.4. The van der Waals surface area contributed by atoms with Crippen LogP contribution in [0.2, 0.25) is 0 Å². The van der Waals surface area contributed by atoms with Crippen molar-refractivity contribution in [2.45, 2.75) is 26.9 Å². The first-order valence-electron chi connectivity index (χ1n) is 5.21. The van der Waals surface area contributed by atoms with Gasteiger partial charge in [0.1, 0.15) is 0 Å². The highest BCUT2D eigenvalue weighted by Crippen LogP contribution is 2.18. The van der Waals surface area contributed by atoms with E-state index in [9.17, 15) is 4.39 Å². The second-order valence-electron chi connectivity index (χ2n) is 3.54. The summed E-state index contributed by atoms with van der Waals surface area (Å²) in [7, 11) is 0. The Bertz CT molecular complexity index is 481. The molecule has 0 spiro atoms. The quantitative estimate of drug-likeness (QED) is 0.926. The molecule has 0 saturated heterocycles. The number of thiophene rings is 1. The molecule has 0 amide bonds. The van der Waals surface area contributed by atoms with Crippen molar-refractivity contribution in [3.63, 3.8) is 0 Å². The van der Waals surface area contributed by atoms with Gasteiger partial charge in [0, 0.05) is 24.2 Å². The summed E-state index contributed by atoms with van der Waals surface area (Å²) >= 11 is 1.17. The molecule has 0 aromatic carbocycles. The third-order valence-corrected chi connectivity index (χ3v) is 3.23. The van der Waals surface area contributed by atoms with E-state index in [1.165, 1.54) is 17.4 Å². The van der Waals surface area contributed by atoms with Crippen molar-refractivity contribution < 1.29 is 4.39 Å². The lowest BCUT2D eigenvalue weighted by atomic mass is 10.4. The van der Waals surface area contributed by atoms with Crippen LogP contribution in [0.4, 0.5) is 10.1 Å². The first kappa shape index (κ1) is 14.0. The Balaban J connectivity index is 0.00000144. The Labute approximate surface area is 110 Å². The number of rotatable bonds is 4. The predicted octanol–water partition coefficient (Wildman–Crippen LogP) is 3.45. The van der Waals surface area contributed by atoms with Crippen LogP contribution in [0.3, 0.4) is 0 Å². The molecule has 0 unspecified atom stereocenters. The van der Waals surface area contributed by atoms with Crippen molar-refractivity contribution in [2.75, 3.05) is 5.32 Å². The smallest absolute Gasteiger partial charge is 0.176 e. The topological polar surface area (TPSA) is 29.9 Å². The Hall–Kier alpha value is -1.07. The molecule has 0 atom stereocenters. The highest BCUT2D eigenvalue weighted by molar-refractivity contribution is 7.10. The fourth-order valence-electron chi connectivity index (χ4n) is 1.48. The van der Waals surface area contributed by atoms with Gasteiger partial charge in [-0.05, 0) is 26.0 Å². The minimum atomic E-state index is -0.141. The lowest BCUT2D eigenvalue weighted by Gasteiger charge is -2.01. The summed E-state index contributed by atoms with van der Waals surface area (Å²) in [5.41, 5.74) is 1.98. The fraction of sp³-hybridized carbons (Fsp3) is 0.364. The first-order valence-corrected chi connectivity index (χ1v) is 6.03. The molecule has 0 aliphatic carbocycles. The summed E-state index contributed by atoms with van der Waals surface area (Å²) in [6, 6.07) is 3.29. The summed E-state index contributed by atoms with van der Waals surface area (Å²) in [4.78, 5) is 0.987. The molecule has 0 fully saturated rings. The van der Waals surface area contributed by atoms with Crippen LogP contribution >= 0.6 is 23.7 Å². The van der Waals surface area contributed by atoms with Crippen molar-refractivity contribution in [1.29, 1.82) is 0 Å². The lowest BCUT2D eigenvalue weighted by molar-refractivity contribution is 0.653. The zero-order valence-electron chi connectivity index (χ0n) is 9.74. The van der Waals surface area contributed by atoms with Crippen LogP contribution in [0.1, 0.15) is 17.5 Å². The Morgan fingerprint density at radius 1 is 1.47 bits per heavy atom. The number of anilines is 1. The predicted molar refractivity (Wildman–Crippen MR) is 71.5 cm³/mol. The molecule has 0 aliphatic rings. The van der Waals surface area contributed by atoms with Gasteiger partial charge in [-0.2, -0.15) is 9.49 Å². The maximum Gasteiger partial charge on any atom is 0.176 e. The van der Waals surface area contributed by atoms with E-state index >= 15 is 0 Å².